The molecule has 0 radical (unpaired) electrons. The highest BCUT2D eigenvalue weighted by Gasteiger charge is 2.13. The number of amides is 2. The summed E-state index contributed by atoms with van der Waals surface area (Å²) in [7, 11) is 3.83. The molecule has 0 aliphatic heterocycles. The average molecular weight is 449 g/mol. The van der Waals surface area contributed by atoms with Gasteiger partial charge < -0.3 is 26.0 Å². The minimum absolute atomic E-state index is 0.118. The fourth-order valence-corrected chi connectivity index (χ4v) is 3.13. The van der Waals surface area contributed by atoms with Gasteiger partial charge in [-0.3, -0.25) is 9.59 Å². The highest BCUT2D eigenvalue weighted by molar-refractivity contribution is 6.04. The molecule has 3 rings (SSSR count). The van der Waals surface area contributed by atoms with Gasteiger partial charge in [-0.05, 0) is 37.9 Å². The summed E-state index contributed by atoms with van der Waals surface area (Å²) in [5.41, 5.74) is 2.14. The summed E-state index contributed by atoms with van der Waals surface area (Å²) < 4.78 is 0. The maximum absolute atomic E-state index is 12.3. The van der Waals surface area contributed by atoms with E-state index in [0.717, 1.165) is 5.56 Å². The number of rotatable bonds is 10. The van der Waals surface area contributed by atoms with Crippen LogP contribution in [0.15, 0.2) is 67.0 Å². The van der Waals surface area contributed by atoms with Crippen LogP contribution in [-0.2, 0) is 9.59 Å². The Hall–Kier alpha value is -3.82. The molecule has 0 aliphatic rings. The second-order valence-corrected chi connectivity index (χ2v) is 7.66. The SMILES string of the molecule is CN(C)CCNC(=O)/C=C/C(=O)Nc1ccc2ncnc(N[C@H](CO)c3ccccc3)c2c1. The van der Waals surface area contributed by atoms with Gasteiger partial charge in [0, 0.05) is 36.3 Å². The topological polar surface area (TPSA) is 119 Å². The fraction of sp³-hybridized carbons (Fsp3) is 0.250. The van der Waals surface area contributed by atoms with Crippen molar-refractivity contribution in [3.05, 3.63) is 72.6 Å². The molecule has 0 bridgehead atoms. The second kappa shape index (κ2) is 11.7. The van der Waals surface area contributed by atoms with Gasteiger partial charge in [0.25, 0.3) is 0 Å². The summed E-state index contributed by atoms with van der Waals surface area (Å²) in [5, 5.41) is 19.3. The van der Waals surface area contributed by atoms with E-state index in [1.807, 2.05) is 49.3 Å². The first kappa shape index (κ1) is 23.8. The van der Waals surface area contributed by atoms with Crippen molar-refractivity contribution in [3.8, 4) is 0 Å². The molecule has 1 aromatic heterocycles. The number of aromatic nitrogens is 2. The van der Waals surface area contributed by atoms with Crippen LogP contribution in [-0.4, -0.2) is 65.6 Å². The lowest BCUT2D eigenvalue weighted by molar-refractivity contribution is -0.117. The summed E-state index contributed by atoms with van der Waals surface area (Å²) in [5.74, 6) is -0.225. The Kier molecular flexibility index (Phi) is 8.45. The molecule has 1 atom stereocenters. The van der Waals surface area contributed by atoms with Crippen molar-refractivity contribution in [2.75, 3.05) is 44.4 Å². The lowest BCUT2D eigenvalue weighted by Crippen LogP contribution is -2.30. The van der Waals surface area contributed by atoms with E-state index < -0.39 is 5.91 Å². The van der Waals surface area contributed by atoms with Gasteiger partial charge in [-0.2, -0.15) is 0 Å². The molecule has 0 spiro atoms. The first-order chi connectivity index (χ1) is 16.0. The van der Waals surface area contributed by atoms with Crippen molar-refractivity contribution >= 4 is 34.2 Å². The van der Waals surface area contributed by atoms with Gasteiger partial charge in [0.15, 0.2) is 0 Å². The number of anilines is 2. The third kappa shape index (κ3) is 7.09. The molecule has 33 heavy (non-hydrogen) atoms. The van der Waals surface area contributed by atoms with Crippen molar-refractivity contribution < 1.29 is 14.7 Å². The van der Waals surface area contributed by atoms with E-state index in [9.17, 15) is 14.7 Å². The van der Waals surface area contributed by atoms with Gasteiger partial charge >= 0.3 is 0 Å². The molecule has 0 fully saturated rings. The zero-order valence-electron chi connectivity index (χ0n) is 18.7. The number of aliphatic hydroxyl groups excluding tert-OH is 1. The lowest BCUT2D eigenvalue weighted by Gasteiger charge is -2.18. The van der Waals surface area contributed by atoms with Crippen molar-refractivity contribution in [2.24, 2.45) is 0 Å². The van der Waals surface area contributed by atoms with Crippen molar-refractivity contribution in [1.82, 2.24) is 20.2 Å². The Morgan fingerprint density at radius 1 is 1.06 bits per heavy atom. The summed E-state index contributed by atoms with van der Waals surface area (Å²) in [6.07, 6.45) is 3.83. The Morgan fingerprint density at radius 3 is 2.55 bits per heavy atom. The second-order valence-electron chi connectivity index (χ2n) is 7.66. The van der Waals surface area contributed by atoms with Crippen LogP contribution in [0.25, 0.3) is 10.9 Å². The molecule has 0 saturated heterocycles. The predicted octanol–water partition coefficient (Wildman–Crippen LogP) is 1.95. The third-order valence-corrected chi connectivity index (χ3v) is 4.84. The molecule has 0 unspecified atom stereocenters. The summed E-state index contributed by atoms with van der Waals surface area (Å²) in [6.45, 7) is 1.09. The predicted molar refractivity (Wildman–Crippen MR) is 129 cm³/mol. The number of carbonyl (C=O) groups excluding carboxylic acids is 2. The van der Waals surface area contributed by atoms with Crippen LogP contribution < -0.4 is 16.0 Å². The number of benzene rings is 2. The van der Waals surface area contributed by atoms with Crippen LogP contribution in [0.2, 0.25) is 0 Å². The Morgan fingerprint density at radius 2 is 1.82 bits per heavy atom. The van der Waals surface area contributed by atoms with Crippen molar-refractivity contribution in [1.29, 1.82) is 0 Å². The first-order valence-corrected chi connectivity index (χ1v) is 10.5. The fourth-order valence-electron chi connectivity index (χ4n) is 3.13. The Labute approximate surface area is 192 Å². The molecule has 0 aliphatic carbocycles. The Bertz CT molecular complexity index is 1120. The molecule has 9 heteroatoms. The molecule has 3 aromatic rings. The maximum atomic E-state index is 12.3. The number of likely N-dealkylation sites (N-methyl/N-ethyl adjacent to an activating group) is 1. The number of fused-ring (bicyclic) bond motifs is 1. The summed E-state index contributed by atoms with van der Waals surface area (Å²) >= 11 is 0. The molecular formula is C24H28N6O3. The molecule has 2 amide bonds. The van der Waals surface area contributed by atoms with Crippen LogP contribution >= 0.6 is 0 Å². The zero-order chi connectivity index (χ0) is 23.6. The van der Waals surface area contributed by atoms with Crippen LogP contribution in [0.1, 0.15) is 11.6 Å². The number of aliphatic hydroxyl groups is 1. The Balaban J connectivity index is 1.70. The molecule has 0 saturated carbocycles. The van der Waals surface area contributed by atoms with Gasteiger partial charge in [0.2, 0.25) is 11.8 Å². The average Bonchev–Trinajstić information content (AvgIpc) is 2.81. The van der Waals surface area contributed by atoms with Gasteiger partial charge in [-0.15, -0.1) is 0 Å². The monoisotopic (exact) mass is 448 g/mol. The minimum Gasteiger partial charge on any atom is -0.394 e. The van der Waals surface area contributed by atoms with Crippen LogP contribution in [0.3, 0.4) is 0 Å². The highest BCUT2D eigenvalue weighted by atomic mass is 16.3. The number of carbonyl (C=O) groups is 2. The van der Waals surface area contributed by atoms with E-state index in [-0.39, 0.29) is 18.6 Å². The van der Waals surface area contributed by atoms with Crippen molar-refractivity contribution in [2.45, 2.75) is 6.04 Å². The summed E-state index contributed by atoms with van der Waals surface area (Å²) in [6, 6.07) is 14.5. The maximum Gasteiger partial charge on any atom is 0.248 e. The lowest BCUT2D eigenvalue weighted by atomic mass is 10.1. The van der Waals surface area contributed by atoms with Gasteiger partial charge in [-0.1, -0.05) is 30.3 Å². The molecular weight excluding hydrogens is 420 g/mol. The van der Waals surface area contributed by atoms with E-state index >= 15 is 0 Å². The number of hydrogen-bond acceptors (Lipinski definition) is 7. The van der Waals surface area contributed by atoms with E-state index in [1.54, 1.807) is 18.2 Å². The molecule has 2 aromatic carbocycles. The van der Waals surface area contributed by atoms with Gasteiger partial charge in [-0.25, -0.2) is 9.97 Å². The van der Waals surface area contributed by atoms with E-state index in [0.29, 0.717) is 35.5 Å². The summed E-state index contributed by atoms with van der Waals surface area (Å²) in [4.78, 5) is 34.6. The standard InChI is InChI=1S/C24H28N6O3/c1-30(2)13-12-25-22(32)10-11-23(33)28-18-8-9-20-19(14-18)24(27-16-26-20)29-21(15-31)17-6-4-3-5-7-17/h3-11,14,16,21,31H,12-13,15H2,1-2H3,(H,25,32)(H,28,33)(H,26,27,29)/b11-10+/t21-/m1/s1. The van der Waals surface area contributed by atoms with Gasteiger partial charge in [0.1, 0.15) is 12.1 Å². The third-order valence-electron chi connectivity index (χ3n) is 4.84. The van der Waals surface area contributed by atoms with E-state index in [2.05, 4.69) is 25.9 Å². The van der Waals surface area contributed by atoms with Crippen LogP contribution in [0.4, 0.5) is 11.5 Å². The zero-order valence-corrected chi connectivity index (χ0v) is 18.7. The number of nitrogens with zero attached hydrogens (tertiary/aromatic N) is 3. The van der Waals surface area contributed by atoms with Crippen LogP contribution in [0, 0.1) is 0 Å². The van der Waals surface area contributed by atoms with E-state index in [1.165, 1.54) is 18.5 Å². The molecule has 1 heterocycles. The van der Waals surface area contributed by atoms with Crippen molar-refractivity contribution in [3.63, 3.8) is 0 Å². The smallest absolute Gasteiger partial charge is 0.248 e. The van der Waals surface area contributed by atoms with Gasteiger partial charge in [0.05, 0.1) is 18.2 Å². The highest BCUT2D eigenvalue weighted by Crippen LogP contribution is 2.26. The quantitative estimate of drug-likeness (QED) is 0.350. The molecule has 4 N–H and O–H groups in total. The number of hydrogen-bond donors (Lipinski definition) is 4. The normalized spacial score (nSPS) is 12.1. The number of nitrogens with one attached hydrogen (secondary N) is 3. The van der Waals surface area contributed by atoms with E-state index in [4.69, 9.17) is 0 Å². The van der Waals surface area contributed by atoms with Crippen LogP contribution in [0.5, 0.6) is 0 Å². The largest absolute Gasteiger partial charge is 0.394 e. The molecule has 9 nitrogen and oxygen atoms in total. The molecule has 172 valence electrons. The first-order valence-electron chi connectivity index (χ1n) is 10.5. The minimum atomic E-state index is -0.430.